The second-order valence-corrected chi connectivity index (χ2v) is 8.08. The SMILES string of the molecule is CC(C)(C)c1nnc2ccc(N3CCCC3c3cccs3)nn12. The monoisotopic (exact) mass is 327 g/mol. The Labute approximate surface area is 140 Å². The molecule has 0 N–H and O–H groups in total. The number of rotatable bonds is 2. The molecule has 3 aromatic heterocycles. The molecule has 1 saturated heterocycles. The molecule has 0 amide bonds. The van der Waals surface area contributed by atoms with E-state index in [4.69, 9.17) is 5.10 Å². The van der Waals surface area contributed by atoms with Gasteiger partial charge in [-0.2, -0.15) is 4.52 Å². The summed E-state index contributed by atoms with van der Waals surface area (Å²) in [5, 5.41) is 15.6. The van der Waals surface area contributed by atoms with Gasteiger partial charge in [-0.05, 0) is 36.4 Å². The molecule has 23 heavy (non-hydrogen) atoms. The number of nitrogens with zero attached hydrogens (tertiary/aromatic N) is 5. The highest BCUT2D eigenvalue weighted by Gasteiger charge is 2.29. The van der Waals surface area contributed by atoms with Gasteiger partial charge in [-0.25, -0.2) is 0 Å². The lowest BCUT2D eigenvalue weighted by Crippen LogP contribution is -2.24. The van der Waals surface area contributed by atoms with Crippen LogP contribution < -0.4 is 4.90 Å². The van der Waals surface area contributed by atoms with Crippen LogP contribution >= 0.6 is 11.3 Å². The van der Waals surface area contributed by atoms with Crippen molar-refractivity contribution >= 4 is 22.8 Å². The smallest absolute Gasteiger partial charge is 0.178 e. The lowest BCUT2D eigenvalue weighted by Gasteiger charge is -2.25. The highest BCUT2D eigenvalue weighted by atomic mass is 32.1. The third-order valence-corrected chi connectivity index (χ3v) is 5.31. The van der Waals surface area contributed by atoms with Gasteiger partial charge < -0.3 is 4.90 Å². The molecule has 0 aromatic carbocycles. The molecule has 0 saturated carbocycles. The Morgan fingerprint density at radius 3 is 2.78 bits per heavy atom. The van der Waals surface area contributed by atoms with Crippen LogP contribution in [0.2, 0.25) is 0 Å². The minimum absolute atomic E-state index is 0.0802. The third kappa shape index (κ3) is 2.51. The summed E-state index contributed by atoms with van der Waals surface area (Å²) in [4.78, 5) is 3.83. The summed E-state index contributed by atoms with van der Waals surface area (Å²) in [5.41, 5.74) is 0.731. The van der Waals surface area contributed by atoms with Gasteiger partial charge in [-0.1, -0.05) is 26.8 Å². The van der Waals surface area contributed by atoms with Crippen LogP contribution in [0, 0.1) is 0 Å². The van der Waals surface area contributed by atoms with E-state index in [0.29, 0.717) is 6.04 Å². The molecule has 4 heterocycles. The molecule has 0 bridgehead atoms. The minimum atomic E-state index is -0.0802. The van der Waals surface area contributed by atoms with E-state index in [1.165, 1.54) is 17.7 Å². The molecule has 1 aliphatic heterocycles. The zero-order valence-electron chi connectivity index (χ0n) is 13.7. The number of hydrogen-bond acceptors (Lipinski definition) is 5. The van der Waals surface area contributed by atoms with Gasteiger partial charge in [-0.3, -0.25) is 0 Å². The Balaban J connectivity index is 1.77. The van der Waals surface area contributed by atoms with E-state index in [1.54, 1.807) is 0 Å². The Morgan fingerprint density at radius 2 is 2.04 bits per heavy atom. The molecular formula is C17H21N5S. The molecule has 0 aliphatic carbocycles. The first-order chi connectivity index (χ1) is 11.0. The van der Waals surface area contributed by atoms with Crippen LogP contribution in [0.5, 0.6) is 0 Å². The topological polar surface area (TPSA) is 46.3 Å². The van der Waals surface area contributed by atoms with Crippen molar-refractivity contribution in [2.24, 2.45) is 0 Å². The van der Waals surface area contributed by atoms with E-state index in [1.807, 2.05) is 21.9 Å². The summed E-state index contributed by atoms with van der Waals surface area (Å²) in [6.45, 7) is 7.47. The second kappa shape index (κ2) is 5.30. The Bertz CT molecular complexity index is 815. The number of fused-ring (bicyclic) bond motifs is 1. The average molecular weight is 327 g/mol. The number of thiophene rings is 1. The lowest BCUT2D eigenvalue weighted by molar-refractivity contribution is 0.526. The van der Waals surface area contributed by atoms with Gasteiger partial charge in [0.15, 0.2) is 11.5 Å². The van der Waals surface area contributed by atoms with Crippen LogP contribution in [-0.4, -0.2) is 26.4 Å². The summed E-state index contributed by atoms with van der Waals surface area (Å²) in [6, 6.07) is 8.89. The van der Waals surface area contributed by atoms with Gasteiger partial charge >= 0.3 is 0 Å². The molecule has 1 fully saturated rings. The molecule has 1 atom stereocenters. The average Bonchev–Trinajstić information content (AvgIpc) is 3.24. The predicted molar refractivity (Wildman–Crippen MR) is 93.1 cm³/mol. The van der Waals surface area contributed by atoms with Crippen molar-refractivity contribution in [3.05, 3.63) is 40.3 Å². The van der Waals surface area contributed by atoms with Crippen molar-refractivity contribution in [3.8, 4) is 0 Å². The first-order valence-electron chi connectivity index (χ1n) is 8.07. The second-order valence-electron chi connectivity index (χ2n) is 7.10. The highest BCUT2D eigenvalue weighted by molar-refractivity contribution is 7.10. The van der Waals surface area contributed by atoms with Gasteiger partial charge in [0.2, 0.25) is 0 Å². The van der Waals surface area contributed by atoms with Crippen molar-refractivity contribution in [1.82, 2.24) is 19.8 Å². The normalized spacial score (nSPS) is 18.9. The van der Waals surface area contributed by atoms with Crippen LogP contribution in [0.25, 0.3) is 5.65 Å². The fourth-order valence-corrected chi connectivity index (χ4v) is 4.09. The first kappa shape index (κ1) is 14.6. The summed E-state index contributed by atoms with van der Waals surface area (Å²) < 4.78 is 1.90. The van der Waals surface area contributed by atoms with E-state index in [2.05, 4.69) is 59.4 Å². The van der Waals surface area contributed by atoms with Crippen LogP contribution in [0.4, 0.5) is 5.82 Å². The van der Waals surface area contributed by atoms with Gasteiger partial charge in [0.05, 0.1) is 6.04 Å². The quantitative estimate of drug-likeness (QED) is 0.718. The Morgan fingerprint density at radius 1 is 1.17 bits per heavy atom. The number of hydrogen-bond donors (Lipinski definition) is 0. The predicted octanol–water partition coefficient (Wildman–Crippen LogP) is 3.82. The highest BCUT2D eigenvalue weighted by Crippen LogP contribution is 2.37. The van der Waals surface area contributed by atoms with Crippen LogP contribution in [0.15, 0.2) is 29.6 Å². The first-order valence-corrected chi connectivity index (χ1v) is 8.95. The summed E-state index contributed by atoms with van der Waals surface area (Å²) in [7, 11) is 0. The molecule has 1 unspecified atom stereocenters. The van der Waals surface area contributed by atoms with Crippen molar-refractivity contribution in [2.75, 3.05) is 11.4 Å². The van der Waals surface area contributed by atoms with Gasteiger partial charge in [0, 0.05) is 16.8 Å². The van der Waals surface area contributed by atoms with Crippen LogP contribution in [0.1, 0.15) is 50.4 Å². The fraction of sp³-hybridized carbons (Fsp3) is 0.471. The molecule has 5 nitrogen and oxygen atoms in total. The van der Waals surface area contributed by atoms with Crippen molar-refractivity contribution < 1.29 is 0 Å². The largest absolute Gasteiger partial charge is 0.347 e. The lowest BCUT2D eigenvalue weighted by atomic mass is 9.96. The van der Waals surface area contributed by atoms with E-state index >= 15 is 0 Å². The zero-order chi connectivity index (χ0) is 16.0. The third-order valence-electron chi connectivity index (χ3n) is 4.34. The Kier molecular flexibility index (Phi) is 3.37. The molecule has 0 radical (unpaired) electrons. The van der Waals surface area contributed by atoms with E-state index < -0.39 is 0 Å². The maximum absolute atomic E-state index is 4.87. The number of aromatic nitrogens is 4. The standard InChI is InChI=1S/C17H21N5S/c1-17(2,3)16-19-18-14-8-9-15(20-22(14)16)21-10-4-6-12(21)13-7-5-11-23-13/h5,7-9,11-12H,4,6,10H2,1-3H3. The van der Waals surface area contributed by atoms with Gasteiger partial charge in [0.1, 0.15) is 5.82 Å². The zero-order valence-corrected chi connectivity index (χ0v) is 14.5. The summed E-state index contributed by atoms with van der Waals surface area (Å²) >= 11 is 1.83. The maximum Gasteiger partial charge on any atom is 0.178 e. The summed E-state index contributed by atoms with van der Waals surface area (Å²) in [6.07, 6.45) is 2.39. The molecule has 4 rings (SSSR count). The molecule has 0 spiro atoms. The van der Waals surface area contributed by atoms with Crippen LogP contribution in [-0.2, 0) is 5.41 Å². The maximum atomic E-state index is 4.87. The van der Waals surface area contributed by atoms with E-state index in [9.17, 15) is 0 Å². The van der Waals surface area contributed by atoms with Crippen molar-refractivity contribution in [2.45, 2.75) is 45.1 Å². The van der Waals surface area contributed by atoms with Gasteiger partial charge in [-0.15, -0.1) is 26.6 Å². The fourth-order valence-electron chi connectivity index (χ4n) is 3.22. The molecule has 6 heteroatoms. The molecular weight excluding hydrogens is 306 g/mol. The molecule has 1 aliphatic rings. The molecule has 120 valence electrons. The minimum Gasteiger partial charge on any atom is -0.347 e. The summed E-state index contributed by atoms with van der Waals surface area (Å²) in [5.74, 6) is 1.92. The van der Waals surface area contributed by atoms with Crippen LogP contribution in [0.3, 0.4) is 0 Å². The number of anilines is 1. The van der Waals surface area contributed by atoms with E-state index in [0.717, 1.165) is 23.8 Å². The molecule has 3 aromatic rings. The van der Waals surface area contributed by atoms with Gasteiger partial charge in [0.25, 0.3) is 0 Å². The Hall–Kier alpha value is -1.95. The van der Waals surface area contributed by atoms with Crippen molar-refractivity contribution in [3.63, 3.8) is 0 Å². The van der Waals surface area contributed by atoms with Crippen molar-refractivity contribution in [1.29, 1.82) is 0 Å². The van der Waals surface area contributed by atoms with E-state index in [-0.39, 0.29) is 5.41 Å².